The highest BCUT2D eigenvalue weighted by Gasteiger charge is 2.60. The van der Waals surface area contributed by atoms with E-state index in [1.165, 1.54) is 45.5 Å². The van der Waals surface area contributed by atoms with Crippen molar-refractivity contribution in [1.29, 1.82) is 0 Å². The number of carbonyl (C=O) groups excluding carboxylic acids is 4. The van der Waals surface area contributed by atoms with Gasteiger partial charge in [-0.15, -0.1) is 11.8 Å². The Labute approximate surface area is 261 Å². The molecule has 44 heavy (non-hydrogen) atoms. The van der Waals surface area contributed by atoms with Crippen LogP contribution in [0.5, 0.6) is 0 Å². The minimum atomic E-state index is -1.21. The summed E-state index contributed by atoms with van der Waals surface area (Å²) in [5, 5.41) is 20.0. The molecule has 3 fully saturated rings. The van der Waals surface area contributed by atoms with E-state index < -0.39 is 48.2 Å². The van der Waals surface area contributed by atoms with Crippen LogP contribution in [0.3, 0.4) is 0 Å². The Morgan fingerprint density at radius 2 is 1.68 bits per heavy atom. The highest BCUT2D eigenvalue weighted by molar-refractivity contribution is 8.03. The minimum absolute atomic E-state index is 0.0157. The standard InChI is InChI=1S/C30H42N4O9S/c1-7-9-42-29(40)32-15-20(44-25-16(3)23-22(17(4)35)27(37)34(23)24(25)28(38)39)13-19(32)11-18-12-21(26(36)31(5)6)33(14-18)30(41)43-10-8-2/h7-8,16-23,35H,1-2,9-15H2,3-6H3,(H,38,39)/t16-,17-,18?,19-,20+,21+,22-,23-/m1/s1. The zero-order valence-electron chi connectivity index (χ0n) is 25.6. The molecule has 4 amide bonds. The number of carbonyl (C=O) groups is 5. The van der Waals surface area contributed by atoms with Crippen LogP contribution in [-0.2, 0) is 23.9 Å². The number of ether oxygens (including phenoxy) is 2. The third-order valence-electron chi connectivity index (χ3n) is 8.82. The summed E-state index contributed by atoms with van der Waals surface area (Å²) in [6.45, 7) is 11.2. The number of thioether (sulfide) groups is 1. The summed E-state index contributed by atoms with van der Waals surface area (Å²) in [5.74, 6) is -2.91. The normalized spacial score (nSPS) is 30.1. The number of aliphatic hydroxyl groups is 1. The van der Waals surface area contributed by atoms with E-state index in [1.807, 2.05) is 6.92 Å². The van der Waals surface area contributed by atoms with Crippen LogP contribution in [-0.4, -0.2) is 130 Å². The molecule has 0 spiro atoms. The Kier molecular flexibility index (Phi) is 10.3. The fraction of sp³-hybridized carbons (Fsp3) is 0.633. The number of likely N-dealkylation sites (tertiary alicyclic amines) is 2. The van der Waals surface area contributed by atoms with Crippen molar-refractivity contribution in [3.8, 4) is 0 Å². The minimum Gasteiger partial charge on any atom is -0.477 e. The maximum Gasteiger partial charge on any atom is 0.410 e. The number of aliphatic carboxylic acids is 1. The molecule has 0 aromatic rings. The lowest BCUT2D eigenvalue weighted by Gasteiger charge is -2.46. The van der Waals surface area contributed by atoms with E-state index in [0.717, 1.165) is 0 Å². The van der Waals surface area contributed by atoms with Gasteiger partial charge in [0.1, 0.15) is 25.0 Å². The molecule has 1 unspecified atom stereocenters. The second-order valence-corrected chi connectivity index (χ2v) is 13.4. The van der Waals surface area contributed by atoms with Crippen molar-refractivity contribution >= 4 is 41.7 Å². The van der Waals surface area contributed by atoms with Crippen LogP contribution in [0.4, 0.5) is 9.59 Å². The first-order valence-electron chi connectivity index (χ1n) is 14.8. The topological polar surface area (TPSA) is 157 Å². The number of aliphatic hydroxyl groups excluding tert-OH is 1. The monoisotopic (exact) mass is 634 g/mol. The number of fused-ring (bicyclic) bond motifs is 1. The predicted molar refractivity (Wildman–Crippen MR) is 161 cm³/mol. The lowest BCUT2D eigenvalue weighted by atomic mass is 9.79. The Morgan fingerprint density at radius 1 is 1.07 bits per heavy atom. The number of carboxylic acids is 1. The fourth-order valence-corrected chi connectivity index (χ4v) is 8.47. The van der Waals surface area contributed by atoms with Gasteiger partial charge in [-0.2, -0.15) is 0 Å². The van der Waals surface area contributed by atoms with Crippen molar-refractivity contribution in [3.63, 3.8) is 0 Å². The summed E-state index contributed by atoms with van der Waals surface area (Å²) in [6.07, 6.45) is 2.29. The van der Waals surface area contributed by atoms with Crippen LogP contribution in [0, 0.1) is 17.8 Å². The van der Waals surface area contributed by atoms with E-state index in [2.05, 4.69) is 13.2 Å². The molecule has 0 aromatic carbocycles. The van der Waals surface area contributed by atoms with Gasteiger partial charge in [-0.05, 0) is 32.1 Å². The second kappa shape index (κ2) is 13.6. The van der Waals surface area contributed by atoms with Gasteiger partial charge in [-0.1, -0.05) is 32.2 Å². The van der Waals surface area contributed by atoms with Gasteiger partial charge in [0.15, 0.2) is 0 Å². The summed E-state index contributed by atoms with van der Waals surface area (Å²) >= 11 is 1.35. The van der Waals surface area contributed by atoms with Crippen LogP contribution in [0.2, 0.25) is 0 Å². The van der Waals surface area contributed by atoms with Crippen molar-refractivity contribution < 1.29 is 43.7 Å². The molecule has 14 heteroatoms. The molecule has 13 nitrogen and oxygen atoms in total. The molecule has 2 N–H and O–H groups in total. The number of rotatable bonds is 11. The molecule has 8 atom stereocenters. The van der Waals surface area contributed by atoms with E-state index >= 15 is 0 Å². The molecule has 0 radical (unpaired) electrons. The van der Waals surface area contributed by atoms with Crippen LogP contribution < -0.4 is 0 Å². The van der Waals surface area contributed by atoms with E-state index in [-0.39, 0.29) is 61.0 Å². The zero-order chi connectivity index (χ0) is 32.5. The second-order valence-electron chi connectivity index (χ2n) is 12.0. The summed E-state index contributed by atoms with van der Waals surface area (Å²) in [4.78, 5) is 70.4. The summed E-state index contributed by atoms with van der Waals surface area (Å²) < 4.78 is 10.6. The molecule has 0 aliphatic carbocycles. The highest BCUT2D eigenvalue weighted by atomic mass is 32.2. The van der Waals surface area contributed by atoms with Crippen LogP contribution in [0.25, 0.3) is 0 Å². The molecule has 4 heterocycles. The predicted octanol–water partition coefficient (Wildman–Crippen LogP) is 2.13. The van der Waals surface area contributed by atoms with E-state index in [1.54, 1.807) is 19.0 Å². The molecule has 0 saturated carbocycles. The first-order chi connectivity index (χ1) is 20.8. The lowest BCUT2D eigenvalue weighted by Crippen LogP contribution is -2.63. The SMILES string of the molecule is C=CCOC(=O)N1C[C@@H](SC2=C(C(=O)O)N3C(=O)[C@H]([C@@H](C)O)[C@H]3[C@H]2C)C[C@H]1CC1C[C@@H](C(=O)N(C)C)N(C(=O)OCC=C)C1. The molecular formula is C30H42N4O9S. The summed E-state index contributed by atoms with van der Waals surface area (Å²) in [5.41, 5.74) is -0.0619. The maximum atomic E-state index is 13.1. The Morgan fingerprint density at radius 3 is 2.23 bits per heavy atom. The van der Waals surface area contributed by atoms with Gasteiger partial charge in [0, 0.05) is 49.3 Å². The average molecular weight is 635 g/mol. The summed E-state index contributed by atoms with van der Waals surface area (Å²) in [7, 11) is 3.26. The molecule has 0 bridgehead atoms. The zero-order valence-corrected chi connectivity index (χ0v) is 26.4. The number of likely N-dealkylation sites (N-methyl/N-ethyl adjacent to an activating group) is 1. The molecule has 3 saturated heterocycles. The average Bonchev–Trinajstić information content (AvgIpc) is 3.63. The largest absolute Gasteiger partial charge is 0.477 e. The first-order valence-corrected chi connectivity index (χ1v) is 15.6. The van der Waals surface area contributed by atoms with Gasteiger partial charge in [0.2, 0.25) is 11.8 Å². The molecule has 4 rings (SSSR count). The van der Waals surface area contributed by atoms with Gasteiger partial charge in [0.25, 0.3) is 0 Å². The van der Waals surface area contributed by atoms with Gasteiger partial charge < -0.3 is 34.4 Å². The Hall–Kier alpha value is -3.52. The van der Waals surface area contributed by atoms with E-state index in [0.29, 0.717) is 24.2 Å². The van der Waals surface area contributed by atoms with Gasteiger partial charge >= 0.3 is 18.2 Å². The van der Waals surface area contributed by atoms with Gasteiger partial charge in [-0.3, -0.25) is 14.5 Å². The van der Waals surface area contributed by atoms with Crippen molar-refractivity contribution in [2.75, 3.05) is 40.4 Å². The Bertz CT molecular complexity index is 1240. The van der Waals surface area contributed by atoms with E-state index in [9.17, 15) is 34.2 Å². The molecule has 4 aliphatic rings. The van der Waals surface area contributed by atoms with Gasteiger partial charge in [0.05, 0.1) is 18.1 Å². The smallest absolute Gasteiger partial charge is 0.410 e. The van der Waals surface area contributed by atoms with Crippen LogP contribution >= 0.6 is 11.8 Å². The molecular weight excluding hydrogens is 592 g/mol. The number of β-lactam (4-membered cyclic amide) rings is 1. The highest BCUT2D eigenvalue weighted by Crippen LogP contribution is 2.52. The van der Waals surface area contributed by atoms with Gasteiger partial charge in [-0.25, -0.2) is 14.4 Å². The Balaban J connectivity index is 1.54. The van der Waals surface area contributed by atoms with Crippen molar-refractivity contribution in [3.05, 3.63) is 35.9 Å². The fourth-order valence-electron chi connectivity index (χ4n) is 6.90. The van der Waals surface area contributed by atoms with Crippen molar-refractivity contribution in [1.82, 2.24) is 19.6 Å². The molecule has 242 valence electrons. The lowest BCUT2D eigenvalue weighted by molar-refractivity contribution is -0.163. The maximum absolute atomic E-state index is 13.1. The van der Waals surface area contributed by atoms with Crippen molar-refractivity contribution in [2.45, 2.75) is 62.6 Å². The quantitative estimate of drug-likeness (QED) is 0.255. The number of carboxylic acid groups (broad SMARTS) is 1. The number of hydrogen-bond acceptors (Lipinski definition) is 9. The molecule has 4 aliphatic heterocycles. The third kappa shape index (κ3) is 6.32. The number of amides is 4. The first kappa shape index (κ1) is 33.4. The number of nitrogens with zero attached hydrogens (tertiary/aromatic N) is 4. The van der Waals surface area contributed by atoms with Crippen LogP contribution in [0.1, 0.15) is 33.1 Å². The number of hydrogen-bond donors (Lipinski definition) is 2. The summed E-state index contributed by atoms with van der Waals surface area (Å²) in [6, 6.07) is -1.44. The van der Waals surface area contributed by atoms with Crippen molar-refractivity contribution in [2.24, 2.45) is 17.8 Å². The third-order valence-corrected chi connectivity index (χ3v) is 10.3. The van der Waals surface area contributed by atoms with E-state index in [4.69, 9.17) is 9.47 Å². The molecule has 0 aromatic heterocycles. The van der Waals surface area contributed by atoms with Crippen LogP contribution in [0.15, 0.2) is 35.9 Å².